The average molecular weight is 216 g/mol. The molecule has 0 atom stereocenters. The highest BCUT2D eigenvalue weighted by Gasteiger charge is 2.18. The van der Waals surface area contributed by atoms with Gasteiger partial charge in [-0.15, -0.1) is 0 Å². The number of nitrogens with zero attached hydrogens (tertiary/aromatic N) is 1. The molecule has 0 aromatic carbocycles. The predicted molar refractivity (Wildman–Crippen MR) is 56.2 cm³/mol. The molecule has 1 aliphatic rings. The number of hydrogen-bond donors (Lipinski definition) is 2. The van der Waals surface area contributed by atoms with Gasteiger partial charge in [-0.05, 0) is 19.8 Å². The number of rotatable bonds is 5. The van der Waals surface area contributed by atoms with Crippen LogP contribution in [-0.2, 0) is 4.84 Å². The van der Waals surface area contributed by atoms with E-state index in [1.165, 1.54) is 17.7 Å². The van der Waals surface area contributed by atoms with Crippen molar-refractivity contribution in [3.63, 3.8) is 0 Å². The molecule has 1 rings (SSSR count). The van der Waals surface area contributed by atoms with Crippen molar-refractivity contribution < 1.29 is 14.7 Å². The maximum absolute atomic E-state index is 11.5. The summed E-state index contributed by atoms with van der Waals surface area (Å²) in [6.07, 6.45) is 4.56. The molecule has 1 aliphatic carbocycles. The molecule has 5 nitrogen and oxygen atoms in total. The highest BCUT2D eigenvalue weighted by atomic mass is 16.7. The third-order valence-electron chi connectivity index (χ3n) is 2.65. The minimum absolute atomic E-state index is 0.0231. The first-order chi connectivity index (χ1) is 7.27. The molecular formula is C10H20N2O3. The van der Waals surface area contributed by atoms with Gasteiger partial charge in [-0.3, -0.25) is 4.84 Å². The van der Waals surface area contributed by atoms with Gasteiger partial charge in [0.2, 0.25) is 0 Å². The van der Waals surface area contributed by atoms with Gasteiger partial charge in [-0.25, -0.2) is 10.3 Å². The van der Waals surface area contributed by atoms with Gasteiger partial charge in [-0.1, -0.05) is 12.8 Å². The first-order valence-corrected chi connectivity index (χ1v) is 5.59. The predicted octanol–water partition coefficient (Wildman–Crippen LogP) is 0.884. The number of aliphatic hydroxyl groups is 1. The fourth-order valence-corrected chi connectivity index (χ4v) is 1.73. The number of amides is 2. The maximum atomic E-state index is 11.5. The Morgan fingerprint density at radius 1 is 1.53 bits per heavy atom. The van der Waals surface area contributed by atoms with Crippen LogP contribution < -0.4 is 5.48 Å². The first kappa shape index (κ1) is 12.3. The van der Waals surface area contributed by atoms with Gasteiger partial charge in [0.25, 0.3) is 0 Å². The van der Waals surface area contributed by atoms with E-state index in [9.17, 15) is 4.79 Å². The van der Waals surface area contributed by atoms with E-state index < -0.39 is 0 Å². The van der Waals surface area contributed by atoms with Crippen LogP contribution >= 0.6 is 0 Å². The van der Waals surface area contributed by atoms with Crippen LogP contribution in [0.2, 0.25) is 0 Å². The molecule has 2 amide bonds. The molecule has 0 spiro atoms. The minimum Gasteiger partial charge on any atom is -0.395 e. The van der Waals surface area contributed by atoms with Crippen LogP contribution in [0.1, 0.15) is 32.6 Å². The van der Waals surface area contributed by atoms with Crippen LogP contribution in [-0.4, -0.2) is 41.8 Å². The fourth-order valence-electron chi connectivity index (χ4n) is 1.73. The summed E-state index contributed by atoms with van der Waals surface area (Å²) < 4.78 is 0. The van der Waals surface area contributed by atoms with Gasteiger partial charge in [0, 0.05) is 13.1 Å². The summed E-state index contributed by atoms with van der Waals surface area (Å²) in [5.74, 6) is 0. The fraction of sp³-hybridized carbons (Fsp3) is 0.900. The molecule has 1 fully saturated rings. The maximum Gasteiger partial charge on any atom is 0.341 e. The molecule has 88 valence electrons. The third kappa shape index (κ3) is 4.05. The molecule has 5 heteroatoms. The summed E-state index contributed by atoms with van der Waals surface area (Å²) >= 11 is 0. The standard InChI is InChI=1S/C10H20N2O3/c1-2-12(7-8-13)10(14)11-15-9-5-3-4-6-9/h9,13H,2-8H2,1H3,(H,11,14). The van der Waals surface area contributed by atoms with Gasteiger partial charge < -0.3 is 10.0 Å². The lowest BCUT2D eigenvalue weighted by Crippen LogP contribution is -2.42. The number of urea groups is 1. The number of likely N-dealkylation sites (N-methyl/N-ethyl adjacent to an activating group) is 1. The Bertz CT molecular complexity index is 193. The molecule has 0 saturated heterocycles. The summed E-state index contributed by atoms with van der Waals surface area (Å²) in [5.41, 5.74) is 2.44. The molecule has 0 unspecified atom stereocenters. The number of carbonyl (C=O) groups is 1. The third-order valence-corrected chi connectivity index (χ3v) is 2.65. The Balaban J connectivity index is 2.20. The second kappa shape index (κ2) is 6.63. The number of carbonyl (C=O) groups excluding carboxylic acids is 1. The van der Waals surface area contributed by atoms with Crippen LogP contribution in [0.25, 0.3) is 0 Å². The van der Waals surface area contributed by atoms with E-state index in [2.05, 4.69) is 5.48 Å². The number of nitrogens with one attached hydrogen (secondary N) is 1. The van der Waals surface area contributed by atoms with Gasteiger partial charge >= 0.3 is 6.03 Å². The average Bonchev–Trinajstić information content (AvgIpc) is 2.75. The van der Waals surface area contributed by atoms with Crippen molar-refractivity contribution in [3.8, 4) is 0 Å². The Kier molecular flexibility index (Phi) is 5.42. The van der Waals surface area contributed by atoms with Crippen molar-refractivity contribution in [2.75, 3.05) is 19.7 Å². The van der Waals surface area contributed by atoms with E-state index in [-0.39, 0.29) is 18.7 Å². The molecular weight excluding hydrogens is 196 g/mol. The number of hydrogen-bond acceptors (Lipinski definition) is 3. The zero-order chi connectivity index (χ0) is 11.1. The van der Waals surface area contributed by atoms with Gasteiger partial charge in [0.05, 0.1) is 12.7 Å². The molecule has 0 radical (unpaired) electrons. The lowest BCUT2D eigenvalue weighted by atomic mass is 10.3. The van der Waals surface area contributed by atoms with Crippen LogP contribution in [0, 0.1) is 0 Å². The SMILES string of the molecule is CCN(CCO)C(=O)NOC1CCCC1. The molecule has 0 aliphatic heterocycles. The summed E-state index contributed by atoms with van der Waals surface area (Å²) in [6, 6.07) is -0.265. The second-order valence-corrected chi connectivity index (χ2v) is 3.73. The summed E-state index contributed by atoms with van der Waals surface area (Å²) in [5, 5.41) is 8.73. The van der Waals surface area contributed by atoms with Crippen LogP contribution in [0.3, 0.4) is 0 Å². The van der Waals surface area contributed by atoms with Crippen molar-refractivity contribution in [1.29, 1.82) is 0 Å². The number of aliphatic hydroxyl groups excluding tert-OH is 1. The topological polar surface area (TPSA) is 61.8 Å². The highest BCUT2D eigenvalue weighted by Crippen LogP contribution is 2.19. The molecule has 15 heavy (non-hydrogen) atoms. The van der Waals surface area contributed by atoms with E-state index in [0.717, 1.165) is 12.8 Å². The zero-order valence-corrected chi connectivity index (χ0v) is 9.24. The van der Waals surface area contributed by atoms with Crippen LogP contribution in [0.4, 0.5) is 4.79 Å². The Hall–Kier alpha value is -0.810. The molecule has 0 aromatic heterocycles. The lowest BCUT2D eigenvalue weighted by molar-refractivity contribution is -0.00851. The number of hydroxylamine groups is 1. The monoisotopic (exact) mass is 216 g/mol. The van der Waals surface area contributed by atoms with Crippen molar-refractivity contribution >= 4 is 6.03 Å². The van der Waals surface area contributed by atoms with Crippen molar-refractivity contribution in [2.24, 2.45) is 0 Å². The molecule has 0 aromatic rings. The molecule has 2 N–H and O–H groups in total. The van der Waals surface area contributed by atoms with E-state index >= 15 is 0 Å². The van der Waals surface area contributed by atoms with Crippen molar-refractivity contribution in [3.05, 3.63) is 0 Å². The summed E-state index contributed by atoms with van der Waals surface area (Å²) in [4.78, 5) is 18.3. The summed E-state index contributed by atoms with van der Waals surface area (Å²) in [7, 11) is 0. The Morgan fingerprint density at radius 3 is 2.73 bits per heavy atom. The van der Waals surface area contributed by atoms with Crippen LogP contribution in [0.15, 0.2) is 0 Å². The van der Waals surface area contributed by atoms with Crippen molar-refractivity contribution in [2.45, 2.75) is 38.7 Å². The van der Waals surface area contributed by atoms with E-state index in [4.69, 9.17) is 9.94 Å². The molecule has 0 bridgehead atoms. The van der Waals surface area contributed by atoms with Gasteiger partial charge in [0.1, 0.15) is 0 Å². The van der Waals surface area contributed by atoms with E-state index in [1.807, 2.05) is 6.92 Å². The lowest BCUT2D eigenvalue weighted by Gasteiger charge is -2.21. The quantitative estimate of drug-likeness (QED) is 0.671. The van der Waals surface area contributed by atoms with Crippen molar-refractivity contribution in [1.82, 2.24) is 10.4 Å². The Morgan fingerprint density at radius 2 is 2.20 bits per heavy atom. The first-order valence-electron chi connectivity index (χ1n) is 5.59. The largest absolute Gasteiger partial charge is 0.395 e. The molecule has 0 heterocycles. The van der Waals surface area contributed by atoms with Crippen LogP contribution in [0.5, 0.6) is 0 Å². The smallest absolute Gasteiger partial charge is 0.341 e. The second-order valence-electron chi connectivity index (χ2n) is 3.73. The minimum atomic E-state index is -0.265. The highest BCUT2D eigenvalue weighted by molar-refractivity contribution is 5.72. The van der Waals surface area contributed by atoms with Gasteiger partial charge in [-0.2, -0.15) is 0 Å². The summed E-state index contributed by atoms with van der Waals surface area (Å²) in [6.45, 7) is 2.76. The van der Waals surface area contributed by atoms with E-state index in [1.54, 1.807) is 0 Å². The Labute approximate surface area is 90.4 Å². The van der Waals surface area contributed by atoms with Gasteiger partial charge in [0.15, 0.2) is 0 Å². The zero-order valence-electron chi connectivity index (χ0n) is 9.24. The van der Waals surface area contributed by atoms with E-state index in [0.29, 0.717) is 13.1 Å². The normalized spacial score (nSPS) is 16.7. The molecule has 1 saturated carbocycles.